The molecule has 2 aromatic carbocycles. The van der Waals surface area contributed by atoms with Gasteiger partial charge in [-0.1, -0.05) is 48.0 Å². The van der Waals surface area contributed by atoms with E-state index in [2.05, 4.69) is 27.0 Å². The fourth-order valence-electron chi connectivity index (χ4n) is 2.85. The number of hydrogen-bond acceptors (Lipinski definition) is 3. The molecule has 0 aliphatic rings. The summed E-state index contributed by atoms with van der Waals surface area (Å²) in [5.41, 5.74) is 4.20. The zero-order valence-electron chi connectivity index (χ0n) is 14.5. The standard InChI is InChI=1S/C21H22N2OS/c1-16-8-10-19(11-9-16)22-21(24)20(18-6-4-3-5-7-18)23(2)14-17-12-13-25-15-17/h3-13,15,20H,14H2,1-2H3,(H,22,24)/t20-/m0/s1. The number of thiophene rings is 1. The summed E-state index contributed by atoms with van der Waals surface area (Å²) < 4.78 is 0. The second-order valence-electron chi connectivity index (χ2n) is 6.22. The monoisotopic (exact) mass is 350 g/mol. The van der Waals surface area contributed by atoms with Gasteiger partial charge in [-0.15, -0.1) is 0 Å². The van der Waals surface area contributed by atoms with Crippen LogP contribution in [0.1, 0.15) is 22.7 Å². The molecule has 4 heteroatoms. The summed E-state index contributed by atoms with van der Waals surface area (Å²) in [6.45, 7) is 2.76. The number of nitrogens with zero attached hydrogens (tertiary/aromatic N) is 1. The van der Waals surface area contributed by atoms with Gasteiger partial charge in [0.1, 0.15) is 6.04 Å². The highest BCUT2D eigenvalue weighted by molar-refractivity contribution is 7.07. The predicted octanol–water partition coefficient (Wildman–Crippen LogP) is 4.87. The fraction of sp³-hybridized carbons (Fsp3) is 0.190. The number of amides is 1. The molecule has 0 saturated carbocycles. The van der Waals surface area contributed by atoms with Gasteiger partial charge in [0.05, 0.1) is 0 Å². The Morgan fingerprint density at radius 3 is 2.44 bits per heavy atom. The van der Waals surface area contributed by atoms with Gasteiger partial charge in [-0.25, -0.2) is 0 Å². The fourth-order valence-corrected chi connectivity index (χ4v) is 3.51. The molecule has 0 bridgehead atoms. The minimum absolute atomic E-state index is 0.0206. The van der Waals surface area contributed by atoms with Crippen molar-refractivity contribution in [1.82, 2.24) is 4.90 Å². The molecule has 3 rings (SSSR count). The summed E-state index contributed by atoms with van der Waals surface area (Å²) in [5, 5.41) is 7.23. The number of aryl methyl sites for hydroxylation is 1. The Hall–Kier alpha value is -2.43. The van der Waals surface area contributed by atoms with Crippen LogP contribution in [0, 0.1) is 6.92 Å². The number of hydrogen-bond donors (Lipinski definition) is 1. The highest BCUT2D eigenvalue weighted by atomic mass is 32.1. The van der Waals surface area contributed by atoms with E-state index in [1.54, 1.807) is 11.3 Å². The van der Waals surface area contributed by atoms with Crippen LogP contribution in [0.25, 0.3) is 0 Å². The van der Waals surface area contributed by atoms with E-state index in [-0.39, 0.29) is 11.9 Å². The minimum atomic E-state index is -0.345. The number of nitrogens with one attached hydrogen (secondary N) is 1. The van der Waals surface area contributed by atoms with Gasteiger partial charge in [0.2, 0.25) is 5.91 Å². The lowest BCUT2D eigenvalue weighted by atomic mass is 10.0. The molecule has 1 N–H and O–H groups in total. The summed E-state index contributed by atoms with van der Waals surface area (Å²) in [6, 6.07) is 19.6. The van der Waals surface area contributed by atoms with Crippen molar-refractivity contribution in [2.75, 3.05) is 12.4 Å². The molecule has 3 nitrogen and oxygen atoms in total. The van der Waals surface area contributed by atoms with Crippen LogP contribution in [-0.2, 0) is 11.3 Å². The zero-order valence-corrected chi connectivity index (χ0v) is 15.3. The molecule has 0 radical (unpaired) electrons. The summed E-state index contributed by atoms with van der Waals surface area (Å²) in [6.07, 6.45) is 0. The van der Waals surface area contributed by atoms with Crippen LogP contribution < -0.4 is 5.32 Å². The Morgan fingerprint density at radius 2 is 1.80 bits per heavy atom. The van der Waals surface area contributed by atoms with Crippen molar-refractivity contribution in [3.05, 3.63) is 88.1 Å². The van der Waals surface area contributed by atoms with Crippen molar-refractivity contribution in [1.29, 1.82) is 0 Å². The maximum Gasteiger partial charge on any atom is 0.246 e. The number of carbonyl (C=O) groups is 1. The maximum absolute atomic E-state index is 13.0. The number of benzene rings is 2. The van der Waals surface area contributed by atoms with Crippen LogP contribution in [0.2, 0.25) is 0 Å². The van der Waals surface area contributed by atoms with E-state index in [1.165, 1.54) is 11.1 Å². The number of likely N-dealkylation sites (N-methyl/N-ethyl adjacent to an activating group) is 1. The lowest BCUT2D eigenvalue weighted by Crippen LogP contribution is -2.34. The van der Waals surface area contributed by atoms with Crippen molar-refractivity contribution < 1.29 is 4.79 Å². The number of carbonyl (C=O) groups excluding carboxylic acids is 1. The van der Waals surface area contributed by atoms with Gasteiger partial charge in [0, 0.05) is 12.2 Å². The Balaban J connectivity index is 1.82. The highest BCUT2D eigenvalue weighted by Crippen LogP contribution is 2.24. The second-order valence-corrected chi connectivity index (χ2v) is 7.00. The van der Waals surface area contributed by atoms with E-state index >= 15 is 0 Å². The van der Waals surface area contributed by atoms with Crippen molar-refractivity contribution in [2.45, 2.75) is 19.5 Å². The zero-order chi connectivity index (χ0) is 17.6. The topological polar surface area (TPSA) is 32.3 Å². The Bertz CT molecular complexity index is 798. The first-order valence-electron chi connectivity index (χ1n) is 8.27. The molecular weight excluding hydrogens is 328 g/mol. The van der Waals surface area contributed by atoms with E-state index in [0.29, 0.717) is 0 Å². The summed E-state index contributed by atoms with van der Waals surface area (Å²) >= 11 is 1.67. The summed E-state index contributed by atoms with van der Waals surface area (Å²) in [7, 11) is 1.99. The lowest BCUT2D eigenvalue weighted by molar-refractivity contribution is -0.121. The van der Waals surface area contributed by atoms with E-state index in [1.807, 2.05) is 68.6 Å². The molecule has 25 heavy (non-hydrogen) atoms. The van der Waals surface area contributed by atoms with Gasteiger partial charge < -0.3 is 5.32 Å². The Kier molecular flexibility index (Phi) is 5.64. The van der Waals surface area contributed by atoms with Crippen LogP contribution in [0.5, 0.6) is 0 Å². The van der Waals surface area contributed by atoms with E-state index < -0.39 is 0 Å². The molecule has 0 fully saturated rings. The smallest absolute Gasteiger partial charge is 0.246 e. The molecule has 1 amide bonds. The average molecular weight is 350 g/mol. The molecule has 0 aliphatic carbocycles. The largest absolute Gasteiger partial charge is 0.324 e. The van der Waals surface area contributed by atoms with Crippen LogP contribution in [-0.4, -0.2) is 17.9 Å². The van der Waals surface area contributed by atoms with E-state index in [4.69, 9.17) is 0 Å². The Labute approximate surface area is 152 Å². The quantitative estimate of drug-likeness (QED) is 0.688. The third kappa shape index (κ3) is 4.56. The van der Waals surface area contributed by atoms with Gasteiger partial charge in [-0.05, 0) is 54.1 Å². The van der Waals surface area contributed by atoms with Crippen molar-refractivity contribution in [2.24, 2.45) is 0 Å². The van der Waals surface area contributed by atoms with Crippen molar-refractivity contribution >= 4 is 22.9 Å². The second kappa shape index (κ2) is 8.10. The SMILES string of the molecule is Cc1ccc(NC(=O)[C@H](c2ccccc2)N(C)Cc2ccsc2)cc1. The molecule has 1 atom stereocenters. The first kappa shape index (κ1) is 17.4. The van der Waals surface area contributed by atoms with E-state index in [0.717, 1.165) is 17.8 Å². The first-order valence-corrected chi connectivity index (χ1v) is 9.21. The molecule has 1 heterocycles. The van der Waals surface area contributed by atoms with Crippen LogP contribution in [0.4, 0.5) is 5.69 Å². The third-order valence-corrected chi connectivity index (χ3v) is 4.87. The molecule has 0 aliphatic heterocycles. The van der Waals surface area contributed by atoms with E-state index in [9.17, 15) is 4.79 Å². The summed E-state index contributed by atoms with van der Waals surface area (Å²) in [5.74, 6) is -0.0206. The molecule has 0 unspecified atom stereocenters. The molecule has 3 aromatic rings. The van der Waals surface area contributed by atoms with Crippen molar-refractivity contribution in [3.8, 4) is 0 Å². The molecule has 128 valence electrons. The van der Waals surface area contributed by atoms with Gasteiger partial charge in [-0.3, -0.25) is 9.69 Å². The minimum Gasteiger partial charge on any atom is -0.324 e. The lowest BCUT2D eigenvalue weighted by Gasteiger charge is -2.27. The molecule has 1 aromatic heterocycles. The summed E-state index contributed by atoms with van der Waals surface area (Å²) in [4.78, 5) is 15.1. The molecular formula is C21H22N2OS. The highest BCUT2D eigenvalue weighted by Gasteiger charge is 2.25. The predicted molar refractivity (Wildman–Crippen MR) is 105 cm³/mol. The number of anilines is 1. The molecule has 0 saturated heterocycles. The van der Waals surface area contributed by atoms with Gasteiger partial charge >= 0.3 is 0 Å². The maximum atomic E-state index is 13.0. The average Bonchev–Trinajstić information content (AvgIpc) is 3.11. The molecule has 0 spiro atoms. The van der Waals surface area contributed by atoms with Crippen molar-refractivity contribution in [3.63, 3.8) is 0 Å². The van der Waals surface area contributed by atoms with Gasteiger partial charge in [-0.2, -0.15) is 11.3 Å². The van der Waals surface area contributed by atoms with Gasteiger partial charge in [0.15, 0.2) is 0 Å². The first-order chi connectivity index (χ1) is 12.1. The van der Waals surface area contributed by atoms with Crippen LogP contribution in [0.3, 0.4) is 0 Å². The Morgan fingerprint density at radius 1 is 1.08 bits per heavy atom. The van der Waals surface area contributed by atoms with Gasteiger partial charge in [0.25, 0.3) is 0 Å². The van der Waals surface area contributed by atoms with Crippen LogP contribution >= 0.6 is 11.3 Å². The van der Waals surface area contributed by atoms with Crippen LogP contribution in [0.15, 0.2) is 71.4 Å². The third-order valence-electron chi connectivity index (χ3n) is 4.14. The number of rotatable bonds is 6. The normalized spacial score (nSPS) is 12.1.